The van der Waals surface area contributed by atoms with Crippen molar-refractivity contribution in [2.75, 3.05) is 6.61 Å². The van der Waals surface area contributed by atoms with Crippen LogP contribution in [0.1, 0.15) is 18.1 Å². The number of halogens is 3. The van der Waals surface area contributed by atoms with Crippen molar-refractivity contribution in [1.29, 1.82) is 0 Å². The number of nitrogens with two attached hydrogens (primary N) is 1. The first-order valence-corrected chi connectivity index (χ1v) is 4.81. The molecule has 0 atom stereocenters. The highest BCUT2D eigenvalue weighted by molar-refractivity contribution is 6.31. The first-order valence-electron chi connectivity index (χ1n) is 4.43. The monoisotopic (exact) mass is 235 g/mol. The third-order valence-electron chi connectivity index (χ3n) is 2.05. The Bertz CT molecular complexity index is 339. The number of hydrogen-bond donors (Lipinski definition) is 1. The van der Waals surface area contributed by atoms with Crippen LogP contribution >= 0.6 is 11.6 Å². The van der Waals surface area contributed by atoms with Crippen LogP contribution in [-0.2, 0) is 17.2 Å². The van der Waals surface area contributed by atoms with Gasteiger partial charge >= 0.3 is 0 Å². The molecule has 15 heavy (non-hydrogen) atoms. The lowest BCUT2D eigenvalue weighted by atomic mass is 10.1. The molecule has 0 radical (unpaired) electrons. The summed E-state index contributed by atoms with van der Waals surface area (Å²) in [5.74, 6) is 1.99. The van der Waals surface area contributed by atoms with Gasteiger partial charge in [-0.2, -0.15) is 0 Å². The molecule has 0 aliphatic rings. The molecule has 0 aromatic heterocycles. The molecule has 84 valence electrons. The smallest absolute Gasteiger partial charge is 0.270 e. The fraction of sp³-hybridized carbons (Fsp3) is 0.400. The molecule has 0 unspecified atom stereocenters. The van der Waals surface area contributed by atoms with Crippen LogP contribution in [0.5, 0.6) is 0 Å². The van der Waals surface area contributed by atoms with Gasteiger partial charge in [-0.05, 0) is 18.1 Å². The van der Waals surface area contributed by atoms with Crippen molar-refractivity contribution in [3.63, 3.8) is 0 Å². The Morgan fingerprint density at radius 3 is 2.60 bits per heavy atom. The zero-order valence-corrected chi connectivity index (χ0v) is 9.02. The third-order valence-corrected chi connectivity index (χ3v) is 2.40. The lowest BCUT2D eigenvalue weighted by Gasteiger charge is -2.12. The SMILES string of the molecule is CC(F)(F)c1ccc(CCON)c(Cl)c1. The van der Waals surface area contributed by atoms with E-state index in [1.807, 2.05) is 0 Å². The Morgan fingerprint density at radius 1 is 1.47 bits per heavy atom. The first-order chi connectivity index (χ1) is 6.95. The minimum absolute atomic E-state index is 0.0927. The zero-order valence-electron chi connectivity index (χ0n) is 8.27. The fourth-order valence-electron chi connectivity index (χ4n) is 1.19. The van der Waals surface area contributed by atoms with Crippen molar-refractivity contribution in [3.05, 3.63) is 34.3 Å². The summed E-state index contributed by atoms with van der Waals surface area (Å²) in [5.41, 5.74) is 0.653. The summed E-state index contributed by atoms with van der Waals surface area (Å²) in [5, 5.41) is 0.311. The molecule has 1 aromatic carbocycles. The van der Waals surface area contributed by atoms with Gasteiger partial charge in [0.05, 0.1) is 6.61 Å². The van der Waals surface area contributed by atoms with Gasteiger partial charge in [0.2, 0.25) is 0 Å². The average molecular weight is 236 g/mol. The van der Waals surface area contributed by atoms with Crippen LogP contribution in [0.3, 0.4) is 0 Å². The van der Waals surface area contributed by atoms with Crippen molar-refractivity contribution in [1.82, 2.24) is 0 Å². The Labute approximate surface area is 91.9 Å². The van der Waals surface area contributed by atoms with E-state index >= 15 is 0 Å². The average Bonchev–Trinajstić information content (AvgIpc) is 2.14. The standard InChI is InChI=1S/C10H12ClF2NO/c1-10(12,13)8-3-2-7(4-5-15-14)9(11)6-8/h2-3,6H,4-5,14H2,1H3. The Kier molecular flexibility index (Phi) is 4.02. The van der Waals surface area contributed by atoms with Crippen LogP contribution < -0.4 is 5.90 Å². The normalized spacial score (nSPS) is 11.8. The van der Waals surface area contributed by atoms with Gasteiger partial charge < -0.3 is 4.84 Å². The van der Waals surface area contributed by atoms with Gasteiger partial charge in [0.1, 0.15) is 0 Å². The van der Waals surface area contributed by atoms with Gasteiger partial charge in [-0.15, -0.1) is 0 Å². The van der Waals surface area contributed by atoms with Crippen molar-refractivity contribution >= 4 is 11.6 Å². The molecular formula is C10H12ClF2NO. The van der Waals surface area contributed by atoms with E-state index in [0.29, 0.717) is 18.1 Å². The highest BCUT2D eigenvalue weighted by Gasteiger charge is 2.24. The minimum atomic E-state index is -2.87. The third kappa shape index (κ3) is 3.41. The number of hydrogen-bond acceptors (Lipinski definition) is 2. The maximum Gasteiger partial charge on any atom is 0.270 e. The molecular weight excluding hydrogens is 224 g/mol. The van der Waals surface area contributed by atoms with Crippen LogP contribution in [0, 0.1) is 0 Å². The summed E-state index contributed by atoms with van der Waals surface area (Å²) in [6.45, 7) is 1.14. The van der Waals surface area contributed by atoms with E-state index < -0.39 is 5.92 Å². The molecule has 0 saturated heterocycles. The van der Waals surface area contributed by atoms with Crippen LogP contribution in [0.25, 0.3) is 0 Å². The van der Waals surface area contributed by atoms with Crippen molar-refractivity contribution < 1.29 is 13.6 Å². The molecule has 1 rings (SSSR count). The summed E-state index contributed by atoms with van der Waals surface area (Å²) in [6.07, 6.45) is 0.505. The van der Waals surface area contributed by atoms with Gasteiger partial charge in [0, 0.05) is 17.5 Å². The second-order valence-corrected chi connectivity index (χ2v) is 3.72. The molecule has 5 heteroatoms. The van der Waals surface area contributed by atoms with Gasteiger partial charge in [0.15, 0.2) is 0 Å². The lowest BCUT2D eigenvalue weighted by Crippen LogP contribution is -2.08. The summed E-state index contributed by atoms with van der Waals surface area (Å²) in [7, 11) is 0. The second-order valence-electron chi connectivity index (χ2n) is 3.32. The number of alkyl halides is 2. The second kappa shape index (κ2) is 4.88. The quantitative estimate of drug-likeness (QED) is 0.815. The number of rotatable bonds is 4. The van der Waals surface area contributed by atoms with Crippen LogP contribution in [0.4, 0.5) is 8.78 Å². The number of benzene rings is 1. The van der Waals surface area contributed by atoms with E-state index in [4.69, 9.17) is 17.5 Å². The molecule has 0 saturated carbocycles. The molecule has 0 heterocycles. The maximum atomic E-state index is 12.9. The molecule has 1 aromatic rings. The van der Waals surface area contributed by atoms with Crippen molar-refractivity contribution in [3.8, 4) is 0 Å². The molecule has 0 amide bonds. The van der Waals surface area contributed by atoms with E-state index in [1.54, 1.807) is 6.07 Å². The first kappa shape index (κ1) is 12.4. The topological polar surface area (TPSA) is 35.2 Å². The molecule has 0 aliphatic heterocycles. The lowest BCUT2D eigenvalue weighted by molar-refractivity contribution is 0.0174. The highest BCUT2D eigenvalue weighted by atomic mass is 35.5. The minimum Gasteiger partial charge on any atom is -0.304 e. The van der Waals surface area contributed by atoms with E-state index in [0.717, 1.165) is 12.5 Å². The molecule has 0 aliphatic carbocycles. The molecule has 2 nitrogen and oxygen atoms in total. The molecule has 0 fully saturated rings. The van der Waals surface area contributed by atoms with Gasteiger partial charge in [-0.25, -0.2) is 14.7 Å². The van der Waals surface area contributed by atoms with E-state index in [1.165, 1.54) is 12.1 Å². The molecule has 2 N–H and O–H groups in total. The Balaban J connectivity index is 2.88. The Hall–Kier alpha value is -0.710. The van der Waals surface area contributed by atoms with Crippen LogP contribution in [-0.4, -0.2) is 6.61 Å². The van der Waals surface area contributed by atoms with Crippen LogP contribution in [0.2, 0.25) is 5.02 Å². The molecule has 0 spiro atoms. The predicted octanol–water partition coefficient (Wildman–Crippen LogP) is 2.88. The largest absolute Gasteiger partial charge is 0.304 e. The summed E-state index contributed by atoms with van der Waals surface area (Å²) >= 11 is 5.84. The summed E-state index contributed by atoms with van der Waals surface area (Å²) in [6, 6.07) is 4.19. The van der Waals surface area contributed by atoms with Crippen molar-refractivity contribution in [2.24, 2.45) is 5.90 Å². The van der Waals surface area contributed by atoms with E-state index in [2.05, 4.69) is 4.84 Å². The highest BCUT2D eigenvalue weighted by Crippen LogP contribution is 2.30. The Morgan fingerprint density at radius 2 is 2.13 bits per heavy atom. The van der Waals surface area contributed by atoms with Gasteiger partial charge in [-0.3, -0.25) is 0 Å². The van der Waals surface area contributed by atoms with Crippen molar-refractivity contribution in [2.45, 2.75) is 19.3 Å². The van der Waals surface area contributed by atoms with E-state index in [-0.39, 0.29) is 5.56 Å². The fourth-order valence-corrected chi connectivity index (χ4v) is 1.47. The predicted molar refractivity (Wildman–Crippen MR) is 54.9 cm³/mol. The van der Waals surface area contributed by atoms with Gasteiger partial charge in [-0.1, -0.05) is 23.7 Å². The zero-order chi connectivity index (χ0) is 11.5. The summed E-state index contributed by atoms with van der Waals surface area (Å²) in [4.78, 5) is 4.39. The van der Waals surface area contributed by atoms with E-state index in [9.17, 15) is 8.78 Å². The molecule has 0 bridgehead atoms. The maximum absolute atomic E-state index is 12.9. The summed E-state index contributed by atoms with van der Waals surface area (Å²) < 4.78 is 25.8. The van der Waals surface area contributed by atoms with Crippen LogP contribution in [0.15, 0.2) is 18.2 Å². The van der Waals surface area contributed by atoms with Gasteiger partial charge in [0.25, 0.3) is 5.92 Å².